The molecule has 0 radical (unpaired) electrons. The first-order valence-corrected chi connectivity index (χ1v) is 7.36. The molecule has 0 aliphatic rings. The van der Waals surface area contributed by atoms with Crippen LogP contribution in [0.15, 0.2) is 24.3 Å². The number of nitrogens with one attached hydrogen (secondary N) is 1. The third kappa shape index (κ3) is 4.18. The highest BCUT2D eigenvalue weighted by Gasteiger charge is 2.29. The van der Waals surface area contributed by atoms with Gasteiger partial charge < -0.3 is 4.74 Å². The van der Waals surface area contributed by atoms with Crippen molar-refractivity contribution in [1.29, 1.82) is 0 Å². The molecule has 0 aliphatic carbocycles. The molecule has 0 spiro atoms. The van der Waals surface area contributed by atoms with Gasteiger partial charge in [0.2, 0.25) is 0 Å². The third-order valence-corrected chi connectivity index (χ3v) is 4.21. The number of alkyl halides is 1. The summed E-state index contributed by atoms with van der Waals surface area (Å²) < 4.78 is 5.49. The Balaban J connectivity index is 2.63. The smallest absolute Gasteiger partial charge is 0.412 e. The lowest BCUT2D eigenvalue weighted by molar-refractivity contribution is 0.0330. The van der Waals surface area contributed by atoms with Crippen molar-refractivity contribution in [3.63, 3.8) is 0 Å². The highest BCUT2D eigenvalue weighted by Crippen LogP contribution is 2.24. The second-order valence-electron chi connectivity index (χ2n) is 4.05. The number of hydrogen-bond donors (Lipinski definition) is 1. The quantitative estimate of drug-likeness (QED) is 0.782. The zero-order valence-electron chi connectivity index (χ0n) is 10.5. The van der Waals surface area contributed by atoms with Crippen molar-refractivity contribution in [1.82, 2.24) is 0 Å². The van der Waals surface area contributed by atoms with Gasteiger partial charge in [-0.3, -0.25) is 5.32 Å². The number of anilines is 1. The van der Waals surface area contributed by atoms with E-state index in [0.29, 0.717) is 16.0 Å². The maximum Gasteiger partial charge on any atom is 0.412 e. The minimum atomic E-state index is -0.448. The van der Waals surface area contributed by atoms with Crippen molar-refractivity contribution in [3.8, 4) is 0 Å². The molecule has 0 saturated heterocycles. The zero-order valence-corrected chi connectivity index (χ0v) is 12.8. The van der Waals surface area contributed by atoms with Crippen LogP contribution in [0.3, 0.4) is 0 Å². The molecule has 0 atom stereocenters. The molecule has 5 heteroatoms. The largest absolute Gasteiger partial charge is 0.442 e. The van der Waals surface area contributed by atoms with Gasteiger partial charge in [0.05, 0.1) is 0 Å². The molecule has 0 aromatic heterocycles. The highest BCUT2D eigenvalue weighted by molar-refractivity contribution is 9.09. The van der Waals surface area contributed by atoms with Gasteiger partial charge in [0.1, 0.15) is 5.60 Å². The summed E-state index contributed by atoms with van der Waals surface area (Å²) in [7, 11) is 0. The molecule has 18 heavy (non-hydrogen) atoms. The van der Waals surface area contributed by atoms with Crippen LogP contribution < -0.4 is 5.32 Å². The molecule has 1 aromatic rings. The minimum Gasteiger partial charge on any atom is -0.442 e. The summed E-state index contributed by atoms with van der Waals surface area (Å²) in [5.74, 6) is 0. The fraction of sp³-hybridized carbons (Fsp3) is 0.462. The molecule has 1 rings (SSSR count). The Labute approximate surface area is 121 Å². The number of carbonyl (C=O) groups is 1. The van der Waals surface area contributed by atoms with Crippen molar-refractivity contribution >= 4 is 39.3 Å². The van der Waals surface area contributed by atoms with E-state index in [1.54, 1.807) is 24.3 Å². The first kappa shape index (κ1) is 15.3. The molecule has 1 aromatic carbocycles. The molecule has 0 heterocycles. The van der Waals surface area contributed by atoms with Crippen LogP contribution >= 0.6 is 27.5 Å². The van der Waals surface area contributed by atoms with Gasteiger partial charge in [-0.15, -0.1) is 0 Å². The van der Waals surface area contributed by atoms with Crippen LogP contribution in [0.4, 0.5) is 10.5 Å². The number of rotatable bonds is 5. The SMILES string of the molecule is CCC(CC)(CBr)OC(=O)Nc1ccc(Cl)cc1. The normalized spacial score (nSPS) is 11.1. The van der Waals surface area contributed by atoms with E-state index in [0.717, 1.165) is 12.8 Å². The van der Waals surface area contributed by atoms with E-state index in [4.69, 9.17) is 16.3 Å². The number of carbonyl (C=O) groups excluding carboxylic acids is 1. The van der Waals surface area contributed by atoms with Gasteiger partial charge in [0.25, 0.3) is 0 Å². The molecule has 1 amide bonds. The highest BCUT2D eigenvalue weighted by atomic mass is 79.9. The number of halogens is 2. The Hall–Kier alpha value is -0.740. The Morgan fingerprint density at radius 3 is 2.33 bits per heavy atom. The molecular weight excluding hydrogens is 318 g/mol. The fourth-order valence-corrected chi connectivity index (χ4v) is 2.52. The van der Waals surface area contributed by atoms with Gasteiger partial charge in [-0.1, -0.05) is 41.4 Å². The minimum absolute atomic E-state index is 0.444. The molecule has 0 unspecified atom stereocenters. The molecule has 100 valence electrons. The van der Waals surface area contributed by atoms with E-state index in [2.05, 4.69) is 21.2 Å². The third-order valence-electron chi connectivity index (χ3n) is 2.93. The second kappa shape index (κ2) is 7.00. The first-order chi connectivity index (χ1) is 8.55. The van der Waals surface area contributed by atoms with Gasteiger partial charge in [-0.05, 0) is 37.1 Å². The van der Waals surface area contributed by atoms with E-state index in [9.17, 15) is 4.79 Å². The maximum atomic E-state index is 11.8. The molecule has 0 saturated carbocycles. The summed E-state index contributed by atoms with van der Waals surface area (Å²) in [5.41, 5.74) is 0.219. The van der Waals surface area contributed by atoms with Crippen LogP contribution in [0, 0.1) is 0 Å². The first-order valence-electron chi connectivity index (χ1n) is 5.86. The average Bonchev–Trinajstić information content (AvgIpc) is 2.39. The van der Waals surface area contributed by atoms with Crippen LogP contribution in [0.2, 0.25) is 5.02 Å². The lowest BCUT2D eigenvalue weighted by atomic mass is 10.0. The number of ether oxygens (including phenoxy) is 1. The average molecular weight is 335 g/mol. The van der Waals surface area contributed by atoms with E-state index < -0.39 is 11.7 Å². The summed E-state index contributed by atoms with van der Waals surface area (Å²) in [5, 5.41) is 3.94. The number of amides is 1. The van der Waals surface area contributed by atoms with E-state index >= 15 is 0 Å². The predicted molar refractivity (Wildman–Crippen MR) is 78.7 cm³/mol. The second-order valence-corrected chi connectivity index (χ2v) is 5.04. The van der Waals surface area contributed by atoms with Crippen LogP contribution in [-0.4, -0.2) is 17.0 Å². The van der Waals surface area contributed by atoms with Crippen molar-refractivity contribution in [2.45, 2.75) is 32.3 Å². The van der Waals surface area contributed by atoms with Gasteiger partial charge in [-0.25, -0.2) is 4.79 Å². The fourth-order valence-electron chi connectivity index (χ4n) is 1.48. The summed E-state index contributed by atoms with van der Waals surface area (Å²) >= 11 is 9.17. The van der Waals surface area contributed by atoms with Crippen LogP contribution in [-0.2, 0) is 4.74 Å². The van der Waals surface area contributed by atoms with E-state index in [-0.39, 0.29) is 0 Å². The molecule has 0 bridgehead atoms. The Morgan fingerprint density at radius 2 is 1.89 bits per heavy atom. The lowest BCUT2D eigenvalue weighted by Gasteiger charge is -2.29. The van der Waals surface area contributed by atoms with Gasteiger partial charge in [-0.2, -0.15) is 0 Å². The summed E-state index contributed by atoms with van der Waals surface area (Å²) in [4.78, 5) is 11.8. The number of hydrogen-bond acceptors (Lipinski definition) is 2. The van der Waals surface area contributed by atoms with Gasteiger partial charge >= 0.3 is 6.09 Å². The number of benzene rings is 1. The standard InChI is InChI=1S/C13H17BrClNO2/c1-3-13(4-2,9-14)18-12(17)16-11-7-5-10(15)6-8-11/h5-8H,3-4,9H2,1-2H3,(H,16,17). The summed E-state index contributed by atoms with van der Waals surface area (Å²) in [6, 6.07) is 6.90. The Kier molecular flexibility index (Phi) is 5.96. The van der Waals surface area contributed by atoms with Crippen molar-refractivity contribution in [2.24, 2.45) is 0 Å². The van der Waals surface area contributed by atoms with Crippen molar-refractivity contribution in [2.75, 3.05) is 10.6 Å². The van der Waals surface area contributed by atoms with Crippen LogP contribution in [0.5, 0.6) is 0 Å². The maximum absolute atomic E-state index is 11.8. The van der Waals surface area contributed by atoms with Crippen molar-refractivity contribution < 1.29 is 9.53 Å². The predicted octanol–water partition coefficient (Wildman–Crippen LogP) is 4.84. The van der Waals surface area contributed by atoms with E-state index in [1.807, 2.05) is 13.8 Å². The molecule has 3 nitrogen and oxygen atoms in total. The van der Waals surface area contributed by atoms with E-state index in [1.165, 1.54) is 0 Å². The lowest BCUT2D eigenvalue weighted by Crippen LogP contribution is -2.37. The van der Waals surface area contributed by atoms with Gasteiger partial charge in [0.15, 0.2) is 0 Å². The van der Waals surface area contributed by atoms with Gasteiger partial charge in [0, 0.05) is 16.0 Å². The zero-order chi connectivity index (χ0) is 13.6. The summed E-state index contributed by atoms with van der Waals surface area (Å²) in [6.07, 6.45) is 1.09. The topological polar surface area (TPSA) is 38.3 Å². The molecule has 1 N–H and O–H groups in total. The Bertz CT molecular complexity index is 382. The van der Waals surface area contributed by atoms with Crippen LogP contribution in [0.25, 0.3) is 0 Å². The summed E-state index contributed by atoms with van der Waals surface area (Å²) in [6.45, 7) is 4.00. The Morgan fingerprint density at radius 1 is 1.33 bits per heavy atom. The molecular formula is C13H17BrClNO2. The molecule has 0 fully saturated rings. The van der Waals surface area contributed by atoms with Crippen LogP contribution in [0.1, 0.15) is 26.7 Å². The van der Waals surface area contributed by atoms with Crippen molar-refractivity contribution in [3.05, 3.63) is 29.3 Å². The molecule has 0 aliphatic heterocycles. The monoisotopic (exact) mass is 333 g/mol.